The molecule has 0 aromatic rings. The zero-order valence-electron chi connectivity index (χ0n) is 6.01. The molecule has 0 aliphatic carbocycles. The van der Waals surface area contributed by atoms with E-state index in [9.17, 15) is 0 Å². The highest BCUT2D eigenvalue weighted by molar-refractivity contribution is 4.94. The molecule has 2 N–H and O–H groups in total. The molecular formula is C7H13N3. The molecule has 2 aliphatic heterocycles. The molecule has 0 aromatic heterocycles. The van der Waals surface area contributed by atoms with Crippen LogP contribution in [0, 0.1) is 0 Å². The van der Waals surface area contributed by atoms with Gasteiger partial charge in [-0.05, 0) is 12.6 Å². The number of hydrogen-bond donors (Lipinski definition) is 2. The van der Waals surface area contributed by atoms with E-state index in [0.29, 0.717) is 6.29 Å². The molecule has 10 heavy (non-hydrogen) atoms. The van der Waals surface area contributed by atoms with Crippen molar-refractivity contribution >= 4 is 0 Å². The molecule has 0 saturated carbocycles. The van der Waals surface area contributed by atoms with Crippen LogP contribution in [0.1, 0.15) is 6.42 Å². The zero-order valence-corrected chi connectivity index (χ0v) is 6.01. The molecule has 1 saturated heterocycles. The van der Waals surface area contributed by atoms with Crippen molar-refractivity contribution in [3.05, 3.63) is 12.3 Å². The quantitative estimate of drug-likeness (QED) is 0.521. The second-order valence-corrected chi connectivity index (χ2v) is 2.72. The summed E-state index contributed by atoms with van der Waals surface area (Å²) in [7, 11) is 0. The Balaban J connectivity index is 1.91. The molecule has 2 heterocycles. The van der Waals surface area contributed by atoms with Crippen LogP contribution in [-0.2, 0) is 0 Å². The van der Waals surface area contributed by atoms with Gasteiger partial charge in [0.05, 0.1) is 0 Å². The number of nitrogens with one attached hydrogen (secondary N) is 2. The lowest BCUT2D eigenvalue weighted by Crippen LogP contribution is -2.44. The van der Waals surface area contributed by atoms with Gasteiger partial charge in [-0.25, -0.2) is 0 Å². The van der Waals surface area contributed by atoms with Gasteiger partial charge in [-0.15, -0.1) is 0 Å². The number of nitrogens with zero attached hydrogens (tertiary/aromatic N) is 1. The van der Waals surface area contributed by atoms with E-state index in [2.05, 4.69) is 27.8 Å². The topological polar surface area (TPSA) is 27.3 Å². The summed E-state index contributed by atoms with van der Waals surface area (Å²) in [5.41, 5.74) is 0. The monoisotopic (exact) mass is 139 g/mol. The van der Waals surface area contributed by atoms with Gasteiger partial charge in [0.1, 0.15) is 6.29 Å². The van der Waals surface area contributed by atoms with Gasteiger partial charge in [0.15, 0.2) is 0 Å². The van der Waals surface area contributed by atoms with Crippen LogP contribution in [0.15, 0.2) is 12.3 Å². The van der Waals surface area contributed by atoms with E-state index in [1.54, 1.807) is 0 Å². The van der Waals surface area contributed by atoms with E-state index in [4.69, 9.17) is 0 Å². The molecule has 0 unspecified atom stereocenters. The smallest absolute Gasteiger partial charge is 0.134 e. The fourth-order valence-electron chi connectivity index (χ4n) is 1.45. The molecule has 0 bridgehead atoms. The maximum atomic E-state index is 3.36. The molecular weight excluding hydrogens is 126 g/mol. The van der Waals surface area contributed by atoms with E-state index >= 15 is 0 Å². The fourth-order valence-corrected chi connectivity index (χ4v) is 1.45. The number of rotatable bonds is 1. The van der Waals surface area contributed by atoms with E-state index in [1.165, 1.54) is 6.42 Å². The molecule has 2 aliphatic rings. The molecule has 0 spiro atoms. The Morgan fingerprint density at radius 3 is 2.70 bits per heavy atom. The minimum absolute atomic E-state index is 0.402. The lowest BCUT2D eigenvalue weighted by molar-refractivity contribution is 0.252. The van der Waals surface area contributed by atoms with Crippen LogP contribution < -0.4 is 10.6 Å². The Morgan fingerprint density at radius 1 is 1.30 bits per heavy atom. The van der Waals surface area contributed by atoms with E-state index in [0.717, 1.165) is 19.6 Å². The summed E-state index contributed by atoms with van der Waals surface area (Å²) in [5, 5.41) is 6.72. The second kappa shape index (κ2) is 2.60. The molecule has 3 heteroatoms. The highest BCUT2D eigenvalue weighted by Crippen LogP contribution is 2.06. The van der Waals surface area contributed by atoms with Gasteiger partial charge >= 0.3 is 0 Å². The van der Waals surface area contributed by atoms with Crippen LogP contribution in [0.3, 0.4) is 0 Å². The van der Waals surface area contributed by atoms with Gasteiger partial charge in [0, 0.05) is 19.6 Å². The average molecular weight is 139 g/mol. The summed E-state index contributed by atoms with van der Waals surface area (Å²) < 4.78 is 0. The molecule has 0 atom stereocenters. The summed E-state index contributed by atoms with van der Waals surface area (Å²) in [6, 6.07) is 0. The molecule has 1 fully saturated rings. The van der Waals surface area contributed by atoms with Gasteiger partial charge in [-0.2, -0.15) is 0 Å². The predicted octanol–water partition coefficient (Wildman–Crippen LogP) is -0.318. The van der Waals surface area contributed by atoms with Crippen molar-refractivity contribution in [1.82, 2.24) is 15.5 Å². The first-order valence-electron chi connectivity index (χ1n) is 3.86. The van der Waals surface area contributed by atoms with E-state index < -0.39 is 0 Å². The summed E-state index contributed by atoms with van der Waals surface area (Å²) >= 11 is 0. The maximum Gasteiger partial charge on any atom is 0.134 e. The molecule has 56 valence electrons. The third-order valence-corrected chi connectivity index (χ3v) is 1.98. The van der Waals surface area contributed by atoms with Crippen molar-refractivity contribution in [3.63, 3.8) is 0 Å². The van der Waals surface area contributed by atoms with Crippen molar-refractivity contribution < 1.29 is 0 Å². The van der Waals surface area contributed by atoms with Crippen LogP contribution in [0.5, 0.6) is 0 Å². The van der Waals surface area contributed by atoms with Gasteiger partial charge in [0.25, 0.3) is 0 Å². The number of hydrogen-bond acceptors (Lipinski definition) is 3. The van der Waals surface area contributed by atoms with Gasteiger partial charge in [-0.3, -0.25) is 10.6 Å². The highest BCUT2D eigenvalue weighted by atomic mass is 15.4. The minimum atomic E-state index is 0.402. The Hall–Kier alpha value is -0.540. The van der Waals surface area contributed by atoms with Crippen LogP contribution in [0.4, 0.5) is 0 Å². The van der Waals surface area contributed by atoms with E-state index in [-0.39, 0.29) is 0 Å². The van der Waals surface area contributed by atoms with Crippen molar-refractivity contribution in [2.75, 3.05) is 19.6 Å². The van der Waals surface area contributed by atoms with Crippen molar-refractivity contribution in [2.24, 2.45) is 0 Å². The predicted molar refractivity (Wildman–Crippen MR) is 40.3 cm³/mol. The third kappa shape index (κ3) is 1.02. The molecule has 0 aromatic carbocycles. The summed E-state index contributed by atoms with van der Waals surface area (Å²) in [4.78, 5) is 2.30. The van der Waals surface area contributed by atoms with E-state index in [1.807, 2.05) is 0 Å². The van der Waals surface area contributed by atoms with Gasteiger partial charge in [-0.1, -0.05) is 6.08 Å². The SMILES string of the molecule is C1=CN(C2NCCN2)CC1. The molecule has 3 nitrogen and oxygen atoms in total. The Labute approximate surface area is 61.1 Å². The molecule has 0 amide bonds. The third-order valence-electron chi connectivity index (χ3n) is 1.98. The summed E-state index contributed by atoms with van der Waals surface area (Å²) in [6.07, 6.45) is 5.97. The van der Waals surface area contributed by atoms with Crippen LogP contribution in [0.25, 0.3) is 0 Å². The standard InChI is InChI=1S/C7H13N3/c1-2-6-10(5-1)7-8-3-4-9-7/h1,5,7-9H,2-4,6H2. The van der Waals surface area contributed by atoms with Crippen LogP contribution in [0.2, 0.25) is 0 Å². The first-order valence-corrected chi connectivity index (χ1v) is 3.86. The van der Waals surface area contributed by atoms with Crippen molar-refractivity contribution in [1.29, 1.82) is 0 Å². The lowest BCUT2D eigenvalue weighted by Gasteiger charge is -2.23. The normalized spacial score (nSPS) is 26.6. The molecule has 2 rings (SSSR count). The lowest BCUT2D eigenvalue weighted by atomic mass is 10.5. The Morgan fingerprint density at radius 2 is 2.10 bits per heavy atom. The largest absolute Gasteiger partial charge is 0.350 e. The summed E-state index contributed by atoms with van der Waals surface area (Å²) in [5.74, 6) is 0. The first kappa shape index (κ1) is 6.19. The minimum Gasteiger partial charge on any atom is -0.350 e. The van der Waals surface area contributed by atoms with Crippen LogP contribution in [-0.4, -0.2) is 30.8 Å². The maximum absolute atomic E-state index is 3.36. The summed E-state index contributed by atoms with van der Waals surface area (Å²) in [6.45, 7) is 3.34. The molecule has 0 radical (unpaired) electrons. The first-order chi connectivity index (χ1) is 4.97. The Bertz CT molecular complexity index is 138. The zero-order chi connectivity index (χ0) is 6.81. The van der Waals surface area contributed by atoms with Crippen LogP contribution >= 0.6 is 0 Å². The Kier molecular flexibility index (Phi) is 1.61. The second-order valence-electron chi connectivity index (χ2n) is 2.72. The van der Waals surface area contributed by atoms with Gasteiger partial charge in [0.2, 0.25) is 0 Å². The van der Waals surface area contributed by atoms with Gasteiger partial charge < -0.3 is 4.90 Å². The fraction of sp³-hybridized carbons (Fsp3) is 0.714. The van der Waals surface area contributed by atoms with Crippen molar-refractivity contribution in [3.8, 4) is 0 Å². The average Bonchev–Trinajstić information content (AvgIpc) is 2.59. The highest BCUT2D eigenvalue weighted by Gasteiger charge is 2.19. The van der Waals surface area contributed by atoms with Crippen molar-refractivity contribution in [2.45, 2.75) is 12.7 Å².